The van der Waals surface area contributed by atoms with Gasteiger partial charge >= 0.3 is 0 Å². The van der Waals surface area contributed by atoms with Gasteiger partial charge in [-0.15, -0.1) is 0 Å². The molecule has 0 saturated carbocycles. The van der Waals surface area contributed by atoms with E-state index in [9.17, 15) is 12.6 Å². The number of nitrogen functional groups attached to an aromatic ring is 1. The first kappa shape index (κ1) is 23.1. The van der Waals surface area contributed by atoms with Gasteiger partial charge in [0, 0.05) is 31.4 Å². The van der Waals surface area contributed by atoms with Crippen molar-refractivity contribution in [3.8, 4) is 0 Å². The lowest BCUT2D eigenvalue weighted by atomic mass is 9.96. The zero-order valence-corrected chi connectivity index (χ0v) is 18.5. The highest BCUT2D eigenvalue weighted by atomic mass is 32.2. The molecule has 2 heterocycles. The molecule has 2 fully saturated rings. The summed E-state index contributed by atoms with van der Waals surface area (Å²) in [5, 5.41) is 20.0. The van der Waals surface area contributed by atoms with Crippen LogP contribution in [0.1, 0.15) is 24.8 Å². The van der Waals surface area contributed by atoms with Gasteiger partial charge in [-0.2, -0.15) is 0 Å². The molecule has 1 unspecified atom stereocenters. The SMILES string of the molecule is N=C(N)c1c(N2CCC(CN)CC2)ccc(S(=O)CN[C@@H]2CCNC2)c1S(N)(=O)=O. The van der Waals surface area contributed by atoms with E-state index < -0.39 is 26.7 Å². The molecule has 30 heavy (non-hydrogen) atoms. The van der Waals surface area contributed by atoms with Gasteiger partial charge in [0.1, 0.15) is 10.7 Å². The number of piperidine rings is 1. The van der Waals surface area contributed by atoms with Crippen molar-refractivity contribution in [1.82, 2.24) is 10.6 Å². The van der Waals surface area contributed by atoms with Gasteiger partial charge in [0.25, 0.3) is 0 Å². The highest BCUT2D eigenvalue weighted by Gasteiger charge is 2.30. The maximum absolute atomic E-state index is 13.0. The minimum Gasteiger partial charge on any atom is -0.384 e. The molecule has 2 aliphatic rings. The summed E-state index contributed by atoms with van der Waals surface area (Å²) >= 11 is 0. The van der Waals surface area contributed by atoms with E-state index in [2.05, 4.69) is 10.6 Å². The van der Waals surface area contributed by atoms with Crippen molar-refractivity contribution >= 4 is 32.3 Å². The van der Waals surface area contributed by atoms with Gasteiger partial charge < -0.3 is 27.0 Å². The predicted octanol–water partition coefficient (Wildman–Crippen LogP) is -1.19. The van der Waals surface area contributed by atoms with E-state index in [4.69, 9.17) is 22.0 Å². The number of nitrogens with two attached hydrogens (primary N) is 3. The topological polar surface area (TPSA) is 180 Å². The Hall–Kier alpha value is -1.57. The summed E-state index contributed by atoms with van der Waals surface area (Å²) in [6, 6.07) is 3.40. The van der Waals surface area contributed by atoms with Crippen LogP contribution >= 0.6 is 0 Å². The maximum atomic E-state index is 13.0. The Kier molecular flexibility index (Phi) is 7.47. The number of rotatable bonds is 8. The van der Waals surface area contributed by atoms with Crippen molar-refractivity contribution in [2.24, 2.45) is 22.5 Å². The molecule has 12 heteroatoms. The molecule has 10 nitrogen and oxygen atoms in total. The Bertz CT molecular complexity index is 909. The van der Waals surface area contributed by atoms with Crippen LogP contribution in [0.2, 0.25) is 0 Å². The van der Waals surface area contributed by atoms with Crippen molar-refractivity contribution in [3.63, 3.8) is 0 Å². The van der Waals surface area contributed by atoms with Crippen molar-refractivity contribution in [2.45, 2.75) is 35.1 Å². The zero-order chi connectivity index (χ0) is 21.9. The van der Waals surface area contributed by atoms with Gasteiger partial charge in [-0.25, -0.2) is 13.6 Å². The first-order valence-electron chi connectivity index (χ1n) is 10.0. The molecular weight excluding hydrogens is 426 g/mol. The standard InChI is InChI=1S/C18H31N7O3S2/c19-9-12-4-7-25(8-5-12)14-1-2-15(17(30(22,27)28)16(14)18(20)21)29(26)11-24-13-3-6-23-10-13/h1-2,12-13,23-24H,3-11,19H2,(H3,20,21)(H2,22,27,28)/t13-,29?/m1/s1. The first-order chi connectivity index (χ1) is 14.2. The Morgan fingerprint density at radius 3 is 2.53 bits per heavy atom. The van der Waals surface area contributed by atoms with E-state index in [-0.39, 0.29) is 27.3 Å². The smallest absolute Gasteiger partial charge is 0.240 e. The summed E-state index contributed by atoms with van der Waals surface area (Å²) in [6.07, 6.45) is 2.65. The first-order valence-corrected chi connectivity index (χ1v) is 12.9. The summed E-state index contributed by atoms with van der Waals surface area (Å²) in [5.74, 6) is 0.0948. The molecular formula is C18H31N7O3S2. The molecule has 0 spiro atoms. The molecule has 1 aromatic carbocycles. The third-order valence-corrected chi connectivity index (χ3v) is 8.13. The molecule has 168 valence electrons. The summed E-state index contributed by atoms with van der Waals surface area (Å²) in [7, 11) is -5.94. The van der Waals surface area contributed by atoms with Gasteiger partial charge in [-0.05, 0) is 50.4 Å². The Morgan fingerprint density at radius 2 is 2.00 bits per heavy atom. The number of nitrogens with one attached hydrogen (secondary N) is 3. The zero-order valence-electron chi connectivity index (χ0n) is 16.9. The molecule has 2 saturated heterocycles. The van der Waals surface area contributed by atoms with Crippen molar-refractivity contribution in [1.29, 1.82) is 5.41 Å². The number of benzene rings is 1. The number of primary sulfonamides is 1. The Morgan fingerprint density at radius 1 is 1.30 bits per heavy atom. The highest BCUT2D eigenvalue weighted by molar-refractivity contribution is 7.91. The molecule has 3 rings (SSSR count). The molecule has 1 aromatic rings. The fourth-order valence-corrected chi connectivity index (χ4v) is 6.59. The van der Waals surface area contributed by atoms with Crippen LogP contribution in [0.3, 0.4) is 0 Å². The van der Waals surface area contributed by atoms with E-state index in [1.165, 1.54) is 6.07 Å². The summed E-state index contributed by atoms with van der Waals surface area (Å²) in [5.41, 5.74) is 12.1. The van der Waals surface area contributed by atoms with Crippen LogP contribution in [0.15, 0.2) is 21.9 Å². The number of anilines is 1. The number of nitrogens with zero attached hydrogens (tertiary/aromatic N) is 1. The van der Waals surface area contributed by atoms with E-state index in [0.717, 1.165) is 32.4 Å². The summed E-state index contributed by atoms with van der Waals surface area (Å²) in [6.45, 7) is 3.61. The number of sulfonamides is 1. The molecule has 2 aliphatic heterocycles. The molecule has 0 bridgehead atoms. The van der Waals surface area contributed by atoms with E-state index in [0.29, 0.717) is 31.2 Å². The number of amidine groups is 1. The van der Waals surface area contributed by atoms with Gasteiger partial charge in [-0.1, -0.05) is 0 Å². The van der Waals surface area contributed by atoms with Crippen LogP contribution in [0, 0.1) is 11.3 Å². The third-order valence-electron chi connectivity index (χ3n) is 5.75. The Labute approximate surface area is 179 Å². The maximum Gasteiger partial charge on any atom is 0.240 e. The largest absolute Gasteiger partial charge is 0.384 e. The van der Waals surface area contributed by atoms with E-state index in [1.807, 2.05) is 4.90 Å². The second-order valence-corrected chi connectivity index (χ2v) is 10.7. The van der Waals surface area contributed by atoms with Crippen LogP contribution < -0.4 is 32.1 Å². The van der Waals surface area contributed by atoms with Crippen molar-refractivity contribution in [2.75, 3.05) is 43.5 Å². The minimum absolute atomic E-state index is 0.0251. The lowest BCUT2D eigenvalue weighted by Gasteiger charge is -2.34. The second-order valence-electron chi connectivity index (χ2n) is 7.80. The lowest BCUT2D eigenvalue weighted by molar-refractivity contribution is 0.414. The predicted molar refractivity (Wildman–Crippen MR) is 119 cm³/mol. The summed E-state index contributed by atoms with van der Waals surface area (Å²) < 4.78 is 38.0. The van der Waals surface area contributed by atoms with Crippen LogP contribution in [0.25, 0.3) is 0 Å². The van der Waals surface area contributed by atoms with Gasteiger partial charge in [0.2, 0.25) is 10.0 Å². The van der Waals surface area contributed by atoms with E-state index in [1.54, 1.807) is 6.07 Å². The van der Waals surface area contributed by atoms with Gasteiger partial charge in [0.05, 0.1) is 27.1 Å². The molecule has 0 radical (unpaired) electrons. The average molecular weight is 458 g/mol. The second kappa shape index (κ2) is 9.71. The highest BCUT2D eigenvalue weighted by Crippen LogP contribution is 2.33. The minimum atomic E-state index is -4.27. The van der Waals surface area contributed by atoms with Crippen molar-refractivity contribution < 1.29 is 12.6 Å². The lowest BCUT2D eigenvalue weighted by Crippen LogP contribution is -2.38. The average Bonchev–Trinajstić information content (AvgIpc) is 3.24. The monoisotopic (exact) mass is 457 g/mol. The number of hydrogen-bond donors (Lipinski definition) is 6. The molecule has 0 amide bonds. The molecule has 9 N–H and O–H groups in total. The van der Waals surface area contributed by atoms with Crippen LogP contribution in [0.5, 0.6) is 0 Å². The molecule has 2 atom stereocenters. The molecule has 0 aliphatic carbocycles. The molecule has 0 aromatic heterocycles. The van der Waals surface area contributed by atoms with E-state index >= 15 is 0 Å². The van der Waals surface area contributed by atoms with Gasteiger partial charge in [0.15, 0.2) is 0 Å². The third kappa shape index (κ3) is 5.18. The fraction of sp³-hybridized carbons (Fsp3) is 0.611. The van der Waals surface area contributed by atoms with Crippen LogP contribution in [0.4, 0.5) is 5.69 Å². The fourth-order valence-electron chi connectivity index (χ4n) is 4.05. The summed E-state index contributed by atoms with van der Waals surface area (Å²) in [4.78, 5) is 1.74. The normalized spacial score (nSPS) is 21.7. The quantitative estimate of drug-likeness (QED) is 0.208. The van der Waals surface area contributed by atoms with Crippen LogP contribution in [-0.4, -0.2) is 63.1 Å². The van der Waals surface area contributed by atoms with Crippen molar-refractivity contribution in [3.05, 3.63) is 17.7 Å². The number of hydrogen-bond acceptors (Lipinski definition) is 8. The Balaban J connectivity index is 1.97. The van der Waals surface area contributed by atoms with Crippen LogP contribution in [-0.2, 0) is 20.8 Å². The van der Waals surface area contributed by atoms with Gasteiger partial charge in [-0.3, -0.25) is 9.62 Å².